The molecule has 116 valence electrons. The number of benzene rings is 1. The Hall–Kier alpha value is -1.30. The van der Waals surface area contributed by atoms with Gasteiger partial charge in [-0.05, 0) is 24.5 Å². The normalized spacial score (nSPS) is 17.4. The molecule has 0 aromatic heterocycles. The minimum absolute atomic E-state index is 0.0813. The maximum atomic E-state index is 11.1. The third-order valence-corrected chi connectivity index (χ3v) is 4.29. The lowest BCUT2D eigenvalue weighted by atomic mass is 9.86. The summed E-state index contributed by atoms with van der Waals surface area (Å²) in [5.74, 6) is -0.184. The number of carbonyl (C=O) groups is 1. The maximum absolute atomic E-state index is 11.1. The molecule has 2 rings (SSSR count). The monoisotopic (exact) mass is 313 g/mol. The molecular weight excluding hydrogens is 294 g/mol. The van der Waals surface area contributed by atoms with Crippen molar-refractivity contribution in [2.75, 3.05) is 20.3 Å². The van der Waals surface area contributed by atoms with Gasteiger partial charge in [-0.1, -0.05) is 23.7 Å². The molecule has 1 aromatic rings. The zero-order valence-electron chi connectivity index (χ0n) is 12.0. The molecule has 0 atom stereocenters. The zero-order valence-corrected chi connectivity index (χ0v) is 12.8. The van der Waals surface area contributed by atoms with Gasteiger partial charge in [-0.15, -0.1) is 0 Å². The van der Waals surface area contributed by atoms with Gasteiger partial charge in [0.15, 0.2) is 0 Å². The van der Waals surface area contributed by atoms with Gasteiger partial charge in [-0.3, -0.25) is 4.79 Å². The predicted octanol–water partition coefficient (Wildman–Crippen LogP) is 2.46. The van der Waals surface area contributed by atoms with Gasteiger partial charge < -0.3 is 19.9 Å². The minimum Gasteiger partial charge on any atom is -0.495 e. The van der Waals surface area contributed by atoms with Crippen LogP contribution in [-0.2, 0) is 16.1 Å². The summed E-state index contributed by atoms with van der Waals surface area (Å²) in [4.78, 5) is 11.1. The van der Waals surface area contributed by atoms with Crippen LogP contribution in [0.15, 0.2) is 18.2 Å². The molecule has 1 saturated heterocycles. The molecule has 5 nitrogen and oxygen atoms in total. The topological polar surface area (TPSA) is 67.8 Å². The van der Waals surface area contributed by atoms with Crippen molar-refractivity contribution in [2.24, 2.45) is 0 Å². The average molecular weight is 314 g/mol. The van der Waals surface area contributed by atoms with E-state index in [0.717, 1.165) is 5.56 Å². The van der Waals surface area contributed by atoms with Gasteiger partial charge in [-0.2, -0.15) is 0 Å². The molecular formula is C15H20ClNO4. The average Bonchev–Trinajstić information content (AvgIpc) is 2.46. The van der Waals surface area contributed by atoms with Gasteiger partial charge in [0.1, 0.15) is 5.75 Å². The maximum Gasteiger partial charge on any atom is 0.305 e. The van der Waals surface area contributed by atoms with E-state index in [-0.39, 0.29) is 6.42 Å². The van der Waals surface area contributed by atoms with Crippen molar-refractivity contribution in [2.45, 2.75) is 31.3 Å². The number of aliphatic carboxylic acids is 1. The Bertz CT molecular complexity index is 500. The summed E-state index contributed by atoms with van der Waals surface area (Å²) in [7, 11) is 1.57. The van der Waals surface area contributed by atoms with Crippen molar-refractivity contribution < 1.29 is 19.4 Å². The van der Waals surface area contributed by atoms with Gasteiger partial charge in [0, 0.05) is 25.3 Å². The Labute approximate surface area is 129 Å². The van der Waals surface area contributed by atoms with Gasteiger partial charge >= 0.3 is 5.97 Å². The third-order valence-electron chi connectivity index (χ3n) is 3.86. The number of ether oxygens (including phenoxy) is 2. The fraction of sp³-hybridized carbons (Fsp3) is 0.533. The second kappa shape index (κ2) is 7.11. The van der Waals surface area contributed by atoms with Crippen molar-refractivity contribution in [3.63, 3.8) is 0 Å². The number of nitrogens with one attached hydrogen (secondary N) is 1. The second-order valence-electron chi connectivity index (χ2n) is 5.25. The minimum atomic E-state index is -0.805. The quantitative estimate of drug-likeness (QED) is 0.844. The zero-order chi connectivity index (χ0) is 15.3. The highest BCUT2D eigenvalue weighted by Crippen LogP contribution is 2.30. The first-order valence-electron chi connectivity index (χ1n) is 6.92. The Morgan fingerprint density at radius 3 is 2.81 bits per heavy atom. The second-order valence-corrected chi connectivity index (χ2v) is 5.63. The van der Waals surface area contributed by atoms with Crippen LogP contribution in [0.4, 0.5) is 0 Å². The first kappa shape index (κ1) is 16.1. The summed E-state index contributed by atoms with van der Waals surface area (Å²) in [6.07, 6.45) is 1.44. The van der Waals surface area contributed by atoms with Crippen LogP contribution in [0.2, 0.25) is 5.02 Å². The molecule has 1 aliphatic heterocycles. The van der Waals surface area contributed by atoms with E-state index < -0.39 is 11.5 Å². The Kier molecular flexibility index (Phi) is 5.45. The van der Waals surface area contributed by atoms with Gasteiger partial charge in [-0.25, -0.2) is 0 Å². The lowest BCUT2D eigenvalue weighted by Crippen LogP contribution is -2.50. The molecule has 0 amide bonds. The highest BCUT2D eigenvalue weighted by molar-refractivity contribution is 6.32. The molecule has 0 spiro atoms. The fourth-order valence-electron chi connectivity index (χ4n) is 2.60. The molecule has 0 radical (unpaired) electrons. The van der Waals surface area contributed by atoms with Gasteiger partial charge in [0.05, 0.1) is 18.6 Å². The van der Waals surface area contributed by atoms with Crippen molar-refractivity contribution >= 4 is 17.6 Å². The van der Waals surface area contributed by atoms with E-state index >= 15 is 0 Å². The largest absolute Gasteiger partial charge is 0.495 e. The third kappa shape index (κ3) is 4.09. The highest BCUT2D eigenvalue weighted by atomic mass is 35.5. The van der Waals surface area contributed by atoms with Crippen LogP contribution in [0, 0.1) is 0 Å². The molecule has 6 heteroatoms. The summed E-state index contributed by atoms with van der Waals surface area (Å²) < 4.78 is 10.5. The van der Waals surface area contributed by atoms with E-state index in [9.17, 15) is 4.79 Å². The first-order valence-corrected chi connectivity index (χ1v) is 7.30. The Morgan fingerprint density at radius 1 is 1.48 bits per heavy atom. The molecule has 1 aromatic carbocycles. The van der Waals surface area contributed by atoms with E-state index in [1.54, 1.807) is 13.2 Å². The summed E-state index contributed by atoms with van der Waals surface area (Å²) >= 11 is 6.27. The number of rotatable bonds is 6. The number of halogens is 1. The SMILES string of the molecule is COc1cccc(CNC2(CC(=O)O)CCOCC2)c1Cl. The molecule has 21 heavy (non-hydrogen) atoms. The molecule has 0 aliphatic carbocycles. The van der Waals surface area contributed by atoms with E-state index in [2.05, 4.69) is 5.32 Å². The lowest BCUT2D eigenvalue weighted by Gasteiger charge is -2.37. The molecule has 0 bridgehead atoms. The number of methoxy groups -OCH3 is 1. The fourth-order valence-corrected chi connectivity index (χ4v) is 2.87. The Balaban J connectivity index is 2.09. The van der Waals surface area contributed by atoms with Crippen molar-refractivity contribution in [1.82, 2.24) is 5.32 Å². The van der Waals surface area contributed by atoms with E-state index in [0.29, 0.717) is 43.4 Å². The van der Waals surface area contributed by atoms with E-state index in [1.165, 1.54) is 0 Å². The number of hydrogen-bond donors (Lipinski definition) is 2. The lowest BCUT2D eigenvalue weighted by molar-refractivity contribution is -0.139. The number of hydrogen-bond acceptors (Lipinski definition) is 4. The van der Waals surface area contributed by atoms with E-state index in [1.807, 2.05) is 12.1 Å². The molecule has 1 heterocycles. The Morgan fingerprint density at radius 2 is 2.19 bits per heavy atom. The molecule has 0 unspecified atom stereocenters. The summed E-state index contributed by atoms with van der Waals surface area (Å²) in [5.41, 5.74) is 0.462. The van der Waals surface area contributed by atoms with Crippen LogP contribution in [0.25, 0.3) is 0 Å². The van der Waals surface area contributed by atoms with Crippen LogP contribution < -0.4 is 10.1 Å². The van der Waals surface area contributed by atoms with Crippen LogP contribution in [0.5, 0.6) is 5.75 Å². The van der Waals surface area contributed by atoms with Gasteiger partial charge in [0.25, 0.3) is 0 Å². The number of carboxylic acid groups (broad SMARTS) is 1. The van der Waals surface area contributed by atoms with E-state index in [4.69, 9.17) is 26.2 Å². The van der Waals surface area contributed by atoms with Crippen molar-refractivity contribution in [1.29, 1.82) is 0 Å². The molecule has 0 saturated carbocycles. The smallest absolute Gasteiger partial charge is 0.305 e. The molecule has 2 N–H and O–H groups in total. The van der Waals surface area contributed by atoms with Crippen LogP contribution in [0.1, 0.15) is 24.8 Å². The molecule has 1 aliphatic rings. The van der Waals surface area contributed by atoms with Crippen LogP contribution in [0.3, 0.4) is 0 Å². The number of carboxylic acids is 1. The molecule has 1 fully saturated rings. The first-order chi connectivity index (χ1) is 10.1. The van der Waals surface area contributed by atoms with Crippen LogP contribution >= 0.6 is 11.6 Å². The standard InChI is InChI=1S/C15H20ClNO4/c1-20-12-4-2-3-11(14(12)16)10-17-15(9-13(18)19)5-7-21-8-6-15/h2-4,17H,5-10H2,1H3,(H,18,19). The predicted molar refractivity (Wildman–Crippen MR) is 79.9 cm³/mol. The van der Waals surface area contributed by atoms with Crippen molar-refractivity contribution in [3.8, 4) is 5.75 Å². The van der Waals surface area contributed by atoms with Crippen LogP contribution in [-0.4, -0.2) is 36.9 Å². The van der Waals surface area contributed by atoms with Gasteiger partial charge in [0.2, 0.25) is 0 Å². The summed E-state index contributed by atoms with van der Waals surface area (Å²) in [6, 6.07) is 5.58. The summed E-state index contributed by atoms with van der Waals surface area (Å²) in [5, 5.41) is 13.1. The van der Waals surface area contributed by atoms with Crippen molar-refractivity contribution in [3.05, 3.63) is 28.8 Å². The highest BCUT2D eigenvalue weighted by Gasteiger charge is 2.34. The summed E-state index contributed by atoms with van der Waals surface area (Å²) in [6.45, 7) is 1.65.